The summed E-state index contributed by atoms with van der Waals surface area (Å²) in [5.74, 6) is 1.34. The van der Waals surface area contributed by atoms with Crippen LogP contribution in [-0.4, -0.2) is 14.2 Å². The summed E-state index contributed by atoms with van der Waals surface area (Å²) in [6.45, 7) is 0. The Morgan fingerprint density at radius 2 is 2.14 bits per heavy atom. The normalized spacial score (nSPS) is 10.3. The Balaban J connectivity index is 3.92. The van der Waals surface area contributed by atoms with Crippen LogP contribution < -0.4 is 5.14 Å². The van der Waals surface area contributed by atoms with E-state index in [1.54, 1.807) is 0 Å². The van der Waals surface area contributed by atoms with Gasteiger partial charge in [0.1, 0.15) is 5.75 Å². The van der Waals surface area contributed by atoms with E-state index in [0.717, 1.165) is 0 Å². The molecule has 1 N–H and O–H groups in total. The zero-order valence-electron chi connectivity index (χ0n) is 3.51. The standard InChI is InChI=1S/C3H4NO2S/c1-2-3-7(4,5)6/h1,4H,3H2. The smallest absolute Gasteiger partial charge is 0.210 e. The highest BCUT2D eigenvalue weighted by Crippen LogP contribution is 1.73. The molecule has 0 aromatic heterocycles. The predicted octanol–water partition coefficient (Wildman–Crippen LogP) is -0.768. The number of rotatable bonds is 1. The van der Waals surface area contributed by atoms with Gasteiger partial charge in [-0.3, -0.25) is 0 Å². The first kappa shape index (κ1) is 6.47. The van der Waals surface area contributed by atoms with Crippen molar-refractivity contribution in [2.45, 2.75) is 0 Å². The van der Waals surface area contributed by atoms with Crippen LogP contribution in [0, 0.1) is 12.3 Å². The van der Waals surface area contributed by atoms with E-state index in [1.165, 1.54) is 0 Å². The summed E-state index contributed by atoms with van der Waals surface area (Å²) in [5, 5.41) is 6.16. The minimum atomic E-state index is -3.66. The largest absolute Gasteiger partial charge is 0.236 e. The molecule has 3 nitrogen and oxygen atoms in total. The average Bonchev–Trinajstić information content (AvgIpc) is 1.30. The molecule has 0 fully saturated rings. The molecule has 0 aliphatic carbocycles. The Morgan fingerprint density at radius 3 is 2.14 bits per heavy atom. The van der Waals surface area contributed by atoms with Crippen molar-refractivity contribution in [2.75, 3.05) is 5.75 Å². The molecule has 0 heterocycles. The van der Waals surface area contributed by atoms with Crippen molar-refractivity contribution in [2.24, 2.45) is 0 Å². The Kier molecular flexibility index (Phi) is 1.81. The molecule has 1 radical (unpaired) electrons. The first-order valence-corrected chi connectivity index (χ1v) is 3.12. The quantitative estimate of drug-likeness (QED) is 0.424. The van der Waals surface area contributed by atoms with Gasteiger partial charge in [-0.2, -0.15) is 0 Å². The highest BCUT2D eigenvalue weighted by Gasteiger charge is 1.95. The molecule has 0 aromatic rings. The Bertz CT molecular complexity index is 174. The molecular formula is C3H4NO2S. The lowest BCUT2D eigenvalue weighted by molar-refractivity contribution is 0.599. The lowest BCUT2D eigenvalue weighted by Gasteiger charge is -1.79. The molecule has 0 atom stereocenters. The van der Waals surface area contributed by atoms with Gasteiger partial charge in [0, 0.05) is 0 Å². The molecule has 0 aliphatic heterocycles. The molecular weight excluding hydrogens is 114 g/mol. The highest BCUT2D eigenvalue weighted by atomic mass is 32.2. The molecule has 0 aliphatic rings. The summed E-state index contributed by atoms with van der Waals surface area (Å²) in [6, 6.07) is 0. The maximum absolute atomic E-state index is 9.76. The first-order valence-electron chi connectivity index (χ1n) is 1.47. The van der Waals surface area contributed by atoms with Crippen LogP contribution in [0.4, 0.5) is 0 Å². The number of hydrogen-bond acceptors (Lipinski definition) is 2. The minimum Gasteiger partial charge on any atom is -0.210 e. The third kappa shape index (κ3) is 5.47. The number of nitrogens with one attached hydrogen (secondary N) is 1. The van der Waals surface area contributed by atoms with Crippen molar-refractivity contribution in [3.8, 4) is 12.3 Å². The number of hydrogen-bond donors (Lipinski definition) is 0. The van der Waals surface area contributed by atoms with Crippen molar-refractivity contribution >= 4 is 10.0 Å². The summed E-state index contributed by atoms with van der Waals surface area (Å²) < 4.78 is 19.5. The molecule has 0 saturated carbocycles. The van der Waals surface area contributed by atoms with Crippen molar-refractivity contribution in [1.29, 1.82) is 0 Å². The Morgan fingerprint density at radius 1 is 1.71 bits per heavy atom. The van der Waals surface area contributed by atoms with Crippen LogP contribution in [-0.2, 0) is 10.0 Å². The van der Waals surface area contributed by atoms with E-state index >= 15 is 0 Å². The molecule has 4 heteroatoms. The van der Waals surface area contributed by atoms with Crippen LogP contribution in [0.5, 0.6) is 0 Å². The van der Waals surface area contributed by atoms with Crippen LogP contribution in [0.2, 0.25) is 0 Å². The minimum absolute atomic E-state index is 0.493. The van der Waals surface area contributed by atoms with E-state index in [0.29, 0.717) is 0 Å². The molecule has 0 aromatic carbocycles. The summed E-state index contributed by atoms with van der Waals surface area (Å²) in [5.41, 5.74) is 0. The molecule has 0 rings (SSSR count). The second-order valence-electron chi connectivity index (χ2n) is 0.963. The topological polar surface area (TPSA) is 57.9 Å². The Labute approximate surface area is 42.6 Å². The molecule has 0 spiro atoms. The molecule has 0 saturated heterocycles. The fraction of sp³-hybridized carbons (Fsp3) is 0.333. The average molecular weight is 118 g/mol. The number of sulfonamides is 1. The predicted molar refractivity (Wildman–Crippen MR) is 25.7 cm³/mol. The van der Waals surface area contributed by atoms with Gasteiger partial charge in [-0.05, 0) is 0 Å². The molecule has 0 amide bonds. The zero-order chi connectivity index (χ0) is 5.91. The molecule has 0 bridgehead atoms. The summed E-state index contributed by atoms with van der Waals surface area (Å²) >= 11 is 0. The van der Waals surface area contributed by atoms with Crippen LogP contribution in [0.25, 0.3) is 0 Å². The maximum atomic E-state index is 9.76. The molecule has 0 unspecified atom stereocenters. The third-order valence-corrected chi connectivity index (χ3v) is 0.820. The van der Waals surface area contributed by atoms with Gasteiger partial charge in [-0.15, -0.1) is 11.6 Å². The van der Waals surface area contributed by atoms with E-state index in [4.69, 9.17) is 5.14 Å². The van der Waals surface area contributed by atoms with Gasteiger partial charge in [0.25, 0.3) is 0 Å². The monoisotopic (exact) mass is 118 g/mol. The van der Waals surface area contributed by atoms with Crippen LogP contribution in [0.1, 0.15) is 0 Å². The van der Waals surface area contributed by atoms with Crippen molar-refractivity contribution < 1.29 is 8.42 Å². The fourth-order valence-electron chi connectivity index (χ4n) is 0.110. The molecule has 7 heavy (non-hydrogen) atoms. The third-order valence-electron chi connectivity index (χ3n) is 0.273. The summed E-state index contributed by atoms with van der Waals surface area (Å²) in [7, 11) is -3.66. The van der Waals surface area contributed by atoms with Gasteiger partial charge in [-0.25, -0.2) is 8.42 Å². The summed E-state index contributed by atoms with van der Waals surface area (Å²) in [6.07, 6.45) is 4.57. The van der Waals surface area contributed by atoms with Gasteiger partial charge < -0.3 is 0 Å². The van der Waals surface area contributed by atoms with E-state index in [2.05, 4.69) is 6.42 Å². The fourth-order valence-corrected chi connectivity index (χ4v) is 0.329. The summed E-state index contributed by atoms with van der Waals surface area (Å²) in [4.78, 5) is 0. The van der Waals surface area contributed by atoms with E-state index in [-0.39, 0.29) is 0 Å². The van der Waals surface area contributed by atoms with Crippen molar-refractivity contribution in [1.82, 2.24) is 5.14 Å². The zero-order valence-corrected chi connectivity index (χ0v) is 4.33. The molecule has 39 valence electrons. The van der Waals surface area contributed by atoms with Gasteiger partial charge >= 0.3 is 0 Å². The highest BCUT2D eigenvalue weighted by molar-refractivity contribution is 7.89. The van der Waals surface area contributed by atoms with Gasteiger partial charge in [-0.1, -0.05) is 5.92 Å². The maximum Gasteiger partial charge on any atom is 0.236 e. The Hall–Kier alpha value is -0.530. The van der Waals surface area contributed by atoms with E-state index < -0.39 is 15.8 Å². The SMILES string of the molecule is C#CCS([NH])(=O)=O. The second-order valence-corrected chi connectivity index (χ2v) is 2.48. The van der Waals surface area contributed by atoms with Crippen molar-refractivity contribution in [3.63, 3.8) is 0 Å². The van der Waals surface area contributed by atoms with Gasteiger partial charge in [0.15, 0.2) is 0 Å². The van der Waals surface area contributed by atoms with Crippen LogP contribution >= 0.6 is 0 Å². The lowest BCUT2D eigenvalue weighted by Crippen LogP contribution is -2.02. The lowest BCUT2D eigenvalue weighted by atomic mass is 10.8. The van der Waals surface area contributed by atoms with Crippen molar-refractivity contribution in [3.05, 3.63) is 0 Å². The van der Waals surface area contributed by atoms with Crippen LogP contribution in [0.3, 0.4) is 0 Å². The van der Waals surface area contributed by atoms with Gasteiger partial charge in [0.05, 0.1) is 0 Å². The second kappa shape index (κ2) is 1.96. The number of terminal acetylenes is 1. The van der Waals surface area contributed by atoms with Crippen LogP contribution in [0.15, 0.2) is 0 Å². The van der Waals surface area contributed by atoms with E-state index in [1.807, 2.05) is 5.92 Å². The first-order chi connectivity index (χ1) is 3.06. The van der Waals surface area contributed by atoms with Gasteiger partial charge in [0.2, 0.25) is 10.0 Å². The van der Waals surface area contributed by atoms with E-state index in [9.17, 15) is 8.42 Å².